The zero-order valence-corrected chi connectivity index (χ0v) is 11.2. The molecule has 3 N–H and O–H groups in total. The SMILES string of the molecule is CCCOc1cccc(NCc2ccc(N)cc2)c1. The van der Waals surface area contributed by atoms with E-state index >= 15 is 0 Å². The fraction of sp³-hybridized carbons (Fsp3) is 0.250. The highest BCUT2D eigenvalue weighted by Gasteiger charge is 1.97. The average Bonchev–Trinajstić information content (AvgIpc) is 2.45. The van der Waals surface area contributed by atoms with Crippen LogP contribution in [0.4, 0.5) is 11.4 Å². The van der Waals surface area contributed by atoms with Gasteiger partial charge in [-0.25, -0.2) is 0 Å². The van der Waals surface area contributed by atoms with E-state index < -0.39 is 0 Å². The first-order chi connectivity index (χ1) is 9.28. The van der Waals surface area contributed by atoms with Crippen molar-refractivity contribution in [3.63, 3.8) is 0 Å². The quantitative estimate of drug-likeness (QED) is 0.775. The summed E-state index contributed by atoms with van der Waals surface area (Å²) >= 11 is 0. The fourth-order valence-corrected chi connectivity index (χ4v) is 1.76. The summed E-state index contributed by atoms with van der Waals surface area (Å²) < 4.78 is 5.61. The Kier molecular flexibility index (Phi) is 4.67. The minimum atomic E-state index is 0.751. The number of nitrogens with two attached hydrogens (primary N) is 1. The van der Waals surface area contributed by atoms with Crippen LogP contribution in [0.15, 0.2) is 48.5 Å². The molecule has 0 unspecified atom stereocenters. The maximum Gasteiger partial charge on any atom is 0.121 e. The molecule has 0 aliphatic carbocycles. The van der Waals surface area contributed by atoms with Gasteiger partial charge >= 0.3 is 0 Å². The molecule has 2 aromatic carbocycles. The molecule has 0 aromatic heterocycles. The largest absolute Gasteiger partial charge is 0.494 e. The maximum absolute atomic E-state index is 5.66. The van der Waals surface area contributed by atoms with Crippen molar-refractivity contribution in [1.29, 1.82) is 0 Å². The van der Waals surface area contributed by atoms with Gasteiger partial charge in [0, 0.05) is 24.0 Å². The third kappa shape index (κ3) is 4.21. The third-order valence-electron chi connectivity index (χ3n) is 2.78. The number of hydrogen-bond acceptors (Lipinski definition) is 3. The second-order valence-electron chi connectivity index (χ2n) is 4.47. The lowest BCUT2D eigenvalue weighted by atomic mass is 10.2. The summed E-state index contributed by atoms with van der Waals surface area (Å²) in [7, 11) is 0. The molecule has 0 radical (unpaired) electrons. The minimum Gasteiger partial charge on any atom is -0.494 e. The van der Waals surface area contributed by atoms with Crippen molar-refractivity contribution >= 4 is 11.4 Å². The lowest BCUT2D eigenvalue weighted by Crippen LogP contribution is -2.00. The van der Waals surface area contributed by atoms with E-state index in [4.69, 9.17) is 10.5 Å². The van der Waals surface area contributed by atoms with Crippen LogP contribution in [0, 0.1) is 0 Å². The van der Waals surface area contributed by atoms with Crippen molar-refractivity contribution in [3.05, 3.63) is 54.1 Å². The number of rotatable bonds is 6. The van der Waals surface area contributed by atoms with E-state index in [0.717, 1.165) is 36.7 Å². The van der Waals surface area contributed by atoms with Crippen molar-refractivity contribution in [3.8, 4) is 5.75 Å². The Balaban J connectivity index is 1.93. The van der Waals surface area contributed by atoms with Gasteiger partial charge in [-0.05, 0) is 36.2 Å². The van der Waals surface area contributed by atoms with Crippen molar-refractivity contribution < 1.29 is 4.74 Å². The highest BCUT2D eigenvalue weighted by Crippen LogP contribution is 2.18. The van der Waals surface area contributed by atoms with Gasteiger partial charge in [0.15, 0.2) is 0 Å². The van der Waals surface area contributed by atoms with E-state index in [2.05, 4.69) is 12.2 Å². The number of nitrogen functional groups attached to an aromatic ring is 1. The van der Waals surface area contributed by atoms with Gasteiger partial charge < -0.3 is 15.8 Å². The highest BCUT2D eigenvalue weighted by molar-refractivity contribution is 5.49. The van der Waals surface area contributed by atoms with Crippen LogP contribution in [0.25, 0.3) is 0 Å². The summed E-state index contributed by atoms with van der Waals surface area (Å²) in [5.74, 6) is 0.907. The van der Waals surface area contributed by atoms with Crippen LogP contribution < -0.4 is 15.8 Å². The summed E-state index contributed by atoms with van der Waals surface area (Å²) in [6, 6.07) is 15.9. The van der Waals surface area contributed by atoms with E-state index in [1.54, 1.807) is 0 Å². The summed E-state index contributed by atoms with van der Waals surface area (Å²) in [6.07, 6.45) is 1.02. The van der Waals surface area contributed by atoms with Gasteiger partial charge in [-0.1, -0.05) is 25.1 Å². The van der Waals surface area contributed by atoms with Gasteiger partial charge in [0.1, 0.15) is 5.75 Å². The first-order valence-corrected chi connectivity index (χ1v) is 6.59. The lowest BCUT2D eigenvalue weighted by Gasteiger charge is -2.09. The molecule has 0 aliphatic rings. The van der Waals surface area contributed by atoms with Gasteiger partial charge in [-0.2, -0.15) is 0 Å². The average molecular weight is 256 g/mol. The van der Waals surface area contributed by atoms with Crippen molar-refractivity contribution in [2.45, 2.75) is 19.9 Å². The Morgan fingerprint density at radius 2 is 1.89 bits per heavy atom. The van der Waals surface area contributed by atoms with Crippen LogP contribution >= 0.6 is 0 Å². The molecule has 0 spiro atoms. The lowest BCUT2D eigenvalue weighted by molar-refractivity contribution is 0.317. The zero-order valence-electron chi connectivity index (χ0n) is 11.2. The molecule has 0 bridgehead atoms. The number of benzene rings is 2. The monoisotopic (exact) mass is 256 g/mol. The van der Waals surface area contributed by atoms with Crippen molar-refractivity contribution in [1.82, 2.24) is 0 Å². The number of hydrogen-bond donors (Lipinski definition) is 2. The topological polar surface area (TPSA) is 47.3 Å². The molecular formula is C16H20N2O. The van der Waals surface area contributed by atoms with Gasteiger partial charge in [0.05, 0.1) is 6.61 Å². The van der Waals surface area contributed by atoms with Gasteiger partial charge in [-0.15, -0.1) is 0 Å². The summed E-state index contributed by atoms with van der Waals surface area (Å²) in [4.78, 5) is 0. The molecular weight excluding hydrogens is 236 g/mol. The number of anilines is 2. The Bertz CT molecular complexity index is 508. The highest BCUT2D eigenvalue weighted by atomic mass is 16.5. The first-order valence-electron chi connectivity index (χ1n) is 6.59. The molecule has 0 fully saturated rings. The van der Waals surface area contributed by atoms with Crippen molar-refractivity contribution in [2.24, 2.45) is 0 Å². The Hall–Kier alpha value is -2.16. The second-order valence-corrected chi connectivity index (χ2v) is 4.47. The van der Waals surface area contributed by atoms with Gasteiger partial charge in [0.25, 0.3) is 0 Å². The molecule has 0 saturated heterocycles. The van der Waals surface area contributed by atoms with Crippen LogP contribution in [0.3, 0.4) is 0 Å². The first kappa shape index (κ1) is 13.3. The van der Waals surface area contributed by atoms with Gasteiger partial charge in [-0.3, -0.25) is 0 Å². The smallest absolute Gasteiger partial charge is 0.121 e. The Morgan fingerprint density at radius 3 is 2.63 bits per heavy atom. The molecule has 0 atom stereocenters. The molecule has 0 amide bonds. The molecule has 2 aromatic rings. The van der Waals surface area contributed by atoms with Gasteiger partial charge in [0.2, 0.25) is 0 Å². The second kappa shape index (κ2) is 6.69. The summed E-state index contributed by atoms with van der Waals surface area (Å²) in [6.45, 7) is 3.63. The predicted octanol–water partition coefficient (Wildman–Crippen LogP) is 3.67. The predicted molar refractivity (Wildman–Crippen MR) is 80.4 cm³/mol. The van der Waals surface area contributed by atoms with E-state index in [1.807, 2.05) is 48.5 Å². The van der Waals surface area contributed by atoms with Crippen LogP contribution in [-0.4, -0.2) is 6.61 Å². The van der Waals surface area contributed by atoms with E-state index in [9.17, 15) is 0 Å². The number of nitrogens with one attached hydrogen (secondary N) is 1. The van der Waals surface area contributed by atoms with Crippen LogP contribution in [0.5, 0.6) is 5.75 Å². The van der Waals surface area contributed by atoms with E-state index in [0.29, 0.717) is 0 Å². The maximum atomic E-state index is 5.66. The molecule has 0 aliphatic heterocycles. The molecule has 2 rings (SSSR count). The molecule has 0 heterocycles. The fourth-order valence-electron chi connectivity index (χ4n) is 1.76. The third-order valence-corrected chi connectivity index (χ3v) is 2.78. The standard InChI is InChI=1S/C16H20N2O/c1-2-10-19-16-5-3-4-15(11-16)18-12-13-6-8-14(17)9-7-13/h3-9,11,18H,2,10,12,17H2,1H3. The normalized spacial score (nSPS) is 10.2. The molecule has 19 heavy (non-hydrogen) atoms. The minimum absolute atomic E-state index is 0.751. The Morgan fingerprint density at radius 1 is 1.11 bits per heavy atom. The molecule has 3 heteroatoms. The van der Waals surface area contributed by atoms with E-state index in [-0.39, 0.29) is 0 Å². The summed E-state index contributed by atoms with van der Waals surface area (Å²) in [5.41, 5.74) is 8.72. The zero-order chi connectivity index (χ0) is 13.5. The van der Waals surface area contributed by atoms with E-state index in [1.165, 1.54) is 5.56 Å². The molecule has 100 valence electrons. The number of ether oxygens (including phenoxy) is 1. The van der Waals surface area contributed by atoms with Crippen LogP contribution in [0.1, 0.15) is 18.9 Å². The Labute approximate surface area is 114 Å². The molecule has 3 nitrogen and oxygen atoms in total. The summed E-state index contributed by atoms with van der Waals surface area (Å²) in [5, 5.41) is 3.38. The van der Waals surface area contributed by atoms with Crippen LogP contribution in [-0.2, 0) is 6.54 Å². The van der Waals surface area contributed by atoms with Crippen molar-refractivity contribution in [2.75, 3.05) is 17.7 Å². The molecule has 0 saturated carbocycles. The van der Waals surface area contributed by atoms with Crippen LogP contribution in [0.2, 0.25) is 0 Å².